The zero-order valence-corrected chi connectivity index (χ0v) is 13.6. The van der Waals surface area contributed by atoms with E-state index in [-0.39, 0.29) is 0 Å². The molecule has 0 amide bonds. The van der Waals surface area contributed by atoms with Crippen molar-refractivity contribution in [2.75, 3.05) is 0 Å². The predicted octanol–water partition coefficient (Wildman–Crippen LogP) is 3.68. The van der Waals surface area contributed by atoms with Crippen molar-refractivity contribution in [2.45, 2.75) is 26.4 Å². The van der Waals surface area contributed by atoms with Crippen LogP contribution in [0.2, 0.25) is 0 Å². The fraction of sp³-hybridized carbons (Fsp3) is 0.250. The molecule has 0 bridgehead atoms. The summed E-state index contributed by atoms with van der Waals surface area (Å²) in [6.45, 7) is 5.02. The Balaban J connectivity index is 2.09. The molecule has 108 valence electrons. The van der Waals surface area contributed by atoms with Gasteiger partial charge >= 0.3 is 0 Å². The van der Waals surface area contributed by atoms with Crippen LogP contribution in [0.3, 0.4) is 0 Å². The average Bonchev–Trinajstić information content (AvgIpc) is 2.89. The predicted molar refractivity (Wildman–Crippen MR) is 88.5 cm³/mol. The zero-order chi connectivity index (χ0) is 14.8. The number of fused-ring (bicyclic) bond motifs is 1. The van der Waals surface area contributed by atoms with E-state index in [0.29, 0.717) is 6.04 Å². The summed E-state index contributed by atoms with van der Waals surface area (Å²) in [5, 5.41) is 9.05. The first kappa shape index (κ1) is 14.2. The molecular formula is C16H17BrN4. The van der Waals surface area contributed by atoms with Crippen molar-refractivity contribution in [3.8, 4) is 5.82 Å². The van der Waals surface area contributed by atoms with Crippen molar-refractivity contribution < 1.29 is 0 Å². The van der Waals surface area contributed by atoms with Crippen LogP contribution in [0.5, 0.6) is 0 Å². The summed E-state index contributed by atoms with van der Waals surface area (Å²) in [5.74, 6) is 0.868. The van der Waals surface area contributed by atoms with Crippen molar-refractivity contribution >= 4 is 26.8 Å². The maximum absolute atomic E-state index is 4.56. The monoisotopic (exact) mass is 344 g/mol. The molecule has 4 nitrogen and oxygen atoms in total. The lowest BCUT2D eigenvalue weighted by atomic mass is 10.2. The summed E-state index contributed by atoms with van der Waals surface area (Å²) < 4.78 is 2.88. The van der Waals surface area contributed by atoms with Crippen molar-refractivity contribution in [1.82, 2.24) is 20.1 Å². The molecule has 1 N–H and O–H groups in total. The first-order chi connectivity index (χ1) is 10.1. The third kappa shape index (κ3) is 2.99. The number of pyridine rings is 1. The molecule has 0 aliphatic heterocycles. The Bertz CT molecular complexity index is 764. The first-order valence-corrected chi connectivity index (χ1v) is 7.75. The van der Waals surface area contributed by atoms with Crippen molar-refractivity contribution in [3.63, 3.8) is 0 Å². The highest BCUT2D eigenvalue weighted by Gasteiger charge is 2.11. The lowest BCUT2D eigenvalue weighted by molar-refractivity contribution is 0.585. The summed E-state index contributed by atoms with van der Waals surface area (Å²) in [7, 11) is 0. The Hall–Kier alpha value is -1.72. The second-order valence-corrected chi connectivity index (χ2v) is 6.20. The van der Waals surface area contributed by atoms with Crippen molar-refractivity contribution in [2.24, 2.45) is 0 Å². The van der Waals surface area contributed by atoms with Gasteiger partial charge in [-0.15, -0.1) is 0 Å². The average molecular weight is 345 g/mol. The van der Waals surface area contributed by atoms with Gasteiger partial charge in [0, 0.05) is 34.2 Å². The molecule has 5 heteroatoms. The van der Waals surface area contributed by atoms with Gasteiger partial charge in [0.25, 0.3) is 0 Å². The topological polar surface area (TPSA) is 42.7 Å². The molecule has 0 saturated carbocycles. The van der Waals surface area contributed by atoms with E-state index in [0.717, 1.165) is 33.3 Å². The fourth-order valence-electron chi connectivity index (χ4n) is 2.25. The van der Waals surface area contributed by atoms with Crippen LogP contribution in [0, 0.1) is 0 Å². The molecule has 0 saturated heterocycles. The standard InChI is InChI=1S/C16H17BrN4/c1-11(2)18-8-13-7-14(17)10-19-16(13)21-15-6-4-3-5-12(15)9-20-21/h3-7,9-11,18H,8H2,1-2H3. The fourth-order valence-corrected chi connectivity index (χ4v) is 2.63. The summed E-state index contributed by atoms with van der Waals surface area (Å²) in [6.07, 6.45) is 3.68. The van der Waals surface area contributed by atoms with E-state index in [4.69, 9.17) is 0 Å². The molecule has 1 aromatic carbocycles. The Labute approximate surface area is 132 Å². The Morgan fingerprint density at radius 2 is 2.05 bits per heavy atom. The van der Waals surface area contributed by atoms with Crippen LogP contribution in [0.25, 0.3) is 16.7 Å². The second kappa shape index (κ2) is 5.95. The highest BCUT2D eigenvalue weighted by Crippen LogP contribution is 2.21. The molecular weight excluding hydrogens is 328 g/mol. The summed E-state index contributed by atoms with van der Waals surface area (Å²) >= 11 is 3.50. The highest BCUT2D eigenvalue weighted by atomic mass is 79.9. The van der Waals surface area contributed by atoms with Gasteiger partial charge < -0.3 is 5.32 Å². The lowest BCUT2D eigenvalue weighted by Crippen LogP contribution is -2.23. The van der Waals surface area contributed by atoms with E-state index < -0.39 is 0 Å². The van der Waals surface area contributed by atoms with Crippen LogP contribution < -0.4 is 5.32 Å². The van der Waals surface area contributed by atoms with Gasteiger partial charge in [-0.2, -0.15) is 5.10 Å². The summed E-state index contributed by atoms with van der Waals surface area (Å²) in [6, 6.07) is 10.7. The maximum Gasteiger partial charge on any atom is 0.158 e. The number of para-hydroxylation sites is 1. The molecule has 3 aromatic rings. The smallest absolute Gasteiger partial charge is 0.158 e. The minimum atomic E-state index is 0.422. The number of nitrogens with zero attached hydrogens (tertiary/aromatic N) is 3. The van der Waals surface area contributed by atoms with Crippen molar-refractivity contribution in [3.05, 3.63) is 52.8 Å². The maximum atomic E-state index is 4.56. The molecule has 0 spiro atoms. The number of benzene rings is 1. The Morgan fingerprint density at radius 1 is 1.24 bits per heavy atom. The molecule has 0 atom stereocenters. The van der Waals surface area contributed by atoms with E-state index in [1.807, 2.05) is 29.2 Å². The van der Waals surface area contributed by atoms with Gasteiger partial charge in [-0.1, -0.05) is 32.0 Å². The number of hydrogen-bond donors (Lipinski definition) is 1. The number of aromatic nitrogens is 3. The molecule has 3 rings (SSSR count). The summed E-state index contributed by atoms with van der Waals surface area (Å²) in [5.41, 5.74) is 2.19. The molecule has 2 heterocycles. The van der Waals surface area contributed by atoms with Crippen LogP contribution in [-0.4, -0.2) is 20.8 Å². The van der Waals surface area contributed by atoms with E-state index >= 15 is 0 Å². The molecule has 21 heavy (non-hydrogen) atoms. The van der Waals surface area contributed by atoms with Gasteiger partial charge in [0.2, 0.25) is 0 Å². The lowest BCUT2D eigenvalue weighted by Gasteiger charge is -2.13. The third-order valence-electron chi connectivity index (χ3n) is 3.29. The Kier molecular flexibility index (Phi) is 4.03. The van der Waals surface area contributed by atoms with E-state index in [2.05, 4.69) is 63.4 Å². The normalized spacial score (nSPS) is 11.4. The molecule has 0 radical (unpaired) electrons. The first-order valence-electron chi connectivity index (χ1n) is 6.96. The quantitative estimate of drug-likeness (QED) is 0.784. The van der Waals surface area contributed by atoms with Crippen molar-refractivity contribution in [1.29, 1.82) is 0 Å². The van der Waals surface area contributed by atoms with Gasteiger partial charge in [-0.25, -0.2) is 9.67 Å². The molecule has 0 aliphatic carbocycles. The van der Waals surface area contributed by atoms with Crippen LogP contribution in [0.1, 0.15) is 19.4 Å². The SMILES string of the molecule is CC(C)NCc1cc(Br)cnc1-n1ncc2ccccc21. The van der Waals surface area contributed by atoms with Crippen LogP contribution in [0.15, 0.2) is 47.2 Å². The van der Waals surface area contributed by atoms with Crippen LogP contribution >= 0.6 is 15.9 Å². The van der Waals surface area contributed by atoms with Crippen LogP contribution in [-0.2, 0) is 6.54 Å². The molecule has 0 fully saturated rings. The van der Waals surface area contributed by atoms with Gasteiger partial charge in [0.05, 0.1) is 11.7 Å². The number of hydrogen-bond acceptors (Lipinski definition) is 3. The molecule has 0 aliphatic rings. The highest BCUT2D eigenvalue weighted by molar-refractivity contribution is 9.10. The van der Waals surface area contributed by atoms with E-state index in [1.54, 1.807) is 0 Å². The minimum absolute atomic E-state index is 0.422. The van der Waals surface area contributed by atoms with Gasteiger partial charge in [0.1, 0.15) is 0 Å². The Morgan fingerprint density at radius 3 is 2.86 bits per heavy atom. The van der Waals surface area contributed by atoms with Gasteiger partial charge in [0.15, 0.2) is 5.82 Å². The van der Waals surface area contributed by atoms with Gasteiger partial charge in [-0.3, -0.25) is 0 Å². The number of nitrogens with one attached hydrogen (secondary N) is 1. The van der Waals surface area contributed by atoms with Gasteiger partial charge in [-0.05, 0) is 28.1 Å². The zero-order valence-electron chi connectivity index (χ0n) is 12.0. The number of rotatable bonds is 4. The second-order valence-electron chi connectivity index (χ2n) is 5.29. The van der Waals surface area contributed by atoms with E-state index in [1.165, 1.54) is 0 Å². The third-order valence-corrected chi connectivity index (χ3v) is 3.72. The van der Waals surface area contributed by atoms with E-state index in [9.17, 15) is 0 Å². The molecule has 0 unspecified atom stereocenters. The van der Waals surface area contributed by atoms with Crippen LogP contribution in [0.4, 0.5) is 0 Å². The largest absolute Gasteiger partial charge is 0.310 e. The molecule has 2 aromatic heterocycles. The minimum Gasteiger partial charge on any atom is -0.310 e. The summed E-state index contributed by atoms with van der Waals surface area (Å²) in [4.78, 5) is 4.56. The number of halogens is 1.